The predicted octanol–water partition coefficient (Wildman–Crippen LogP) is 4.83. The van der Waals surface area contributed by atoms with Gasteiger partial charge in [0, 0.05) is 42.3 Å². The molecule has 6 aromatic rings. The van der Waals surface area contributed by atoms with Gasteiger partial charge in [0.1, 0.15) is 11.6 Å². The van der Waals surface area contributed by atoms with Crippen LogP contribution in [0.1, 0.15) is 33.4 Å². The highest BCUT2D eigenvalue weighted by Crippen LogP contribution is 2.31. The van der Waals surface area contributed by atoms with Crippen molar-refractivity contribution in [2.24, 2.45) is 0 Å². The topological polar surface area (TPSA) is 132 Å². The Balaban J connectivity index is 1.28. The van der Waals surface area contributed by atoms with Crippen LogP contribution in [0.15, 0.2) is 58.6 Å². The van der Waals surface area contributed by atoms with Crippen molar-refractivity contribution >= 4 is 56.6 Å². The third-order valence-corrected chi connectivity index (χ3v) is 7.58. The van der Waals surface area contributed by atoms with Crippen LogP contribution in [0.25, 0.3) is 33.3 Å². The minimum absolute atomic E-state index is 0.0427. The number of ketones is 1. The molecule has 0 saturated carbocycles. The van der Waals surface area contributed by atoms with Crippen LogP contribution in [0.5, 0.6) is 0 Å². The molecule has 10 nitrogen and oxygen atoms in total. The summed E-state index contributed by atoms with van der Waals surface area (Å²) < 4.78 is 7.26. The number of H-pyrrole nitrogens is 1. The fourth-order valence-corrected chi connectivity index (χ4v) is 5.42. The number of nitrogens with zero attached hydrogens (tertiary/aromatic N) is 5. The summed E-state index contributed by atoms with van der Waals surface area (Å²) in [6, 6.07) is 13.2. The van der Waals surface area contributed by atoms with Gasteiger partial charge in [0.05, 0.1) is 39.8 Å². The van der Waals surface area contributed by atoms with Gasteiger partial charge in [-0.25, -0.2) is 4.98 Å². The van der Waals surface area contributed by atoms with Crippen LogP contribution in [-0.4, -0.2) is 48.6 Å². The molecule has 196 valence electrons. The Morgan fingerprint density at radius 1 is 1.18 bits per heavy atom. The first kappa shape index (κ1) is 25.0. The van der Waals surface area contributed by atoms with E-state index in [0.717, 1.165) is 26.9 Å². The molecule has 6 rings (SSSR count). The molecule has 1 amide bonds. The molecule has 0 saturated heterocycles. The van der Waals surface area contributed by atoms with E-state index in [-0.39, 0.29) is 24.5 Å². The van der Waals surface area contributed by atoms with Gasteiger partial charge in [-0.2, -0.15) is 10.1 Å². The zero-order valence-electron chi connectivity index (χ0n) is 20.8. The number of hydrogen-bond donors (Lipinski definition) is 2. The Hall–Kier alpha value is -4.35. The number of hydrogen-bond acceptors (Lipinski definition) is 8. The van der Waals surface area contributed by atoms with Crippen molar-refractivity contribution in [2.45, 2.75) is 25.8 Å². The van der Waals surface area contributed by atoms with E-state index in [1.54, 1.807) is 36.7 Å². The molecule has 0 aliphatic carbocycles. The summed E-state index contributed by atoms with van der Waals surface area (Å²) in [5, 5.41) is 16.9. The molecular formula is C27H22ClN7O3S. The minimum Gasteiger partial charge on any atom is -0.355 e. The summed E-state index contributed by atoms with van der Waals surface area (Å²) in [4.78, 5) is 35.6. The molecule has 2 aromatic carbocycles. The monoisotopic (exact) mass is 559 g/mol. The average Bonchev–Trinajstić information content (AvgIpc) is 3.74. The van der Waals surface area contributed by atoms with Gasteiger partial charge in [0.15, 0.2) is 5.82 Å². The fourth-order valence-electron chi connectivity index (χ4n) is 4.47. The van der Waals surface area contributed by atoms with E-state index in [2.05, 4.69) is 25.7 Å². The quantitative estimate of drug-likeness (QED) is 0.259. The largest absolute Gasteiger partial charge is 0.355 e. The summed E-state index contributed by atoms with van der Waals surface area (Å²) in [6.45, 7) is 0.345. The zero-order valence-corrected chi connectivity index (χ0v) is 22.3. The third kappa shape index (κ3) is 5.06. The molecule has 0 bridgehead atoms. The lowest BCUT2D eigenvalue weighted by molar-refractivity contribution is -0.119. The third-order valence-electron chi connectivity index (χ3n) is 6.39. The van der Waals surface area contributed by atoms with Gasteiger partial charge in [-0.3, -0.25) is 14.7 Å². The number of aryl methyl sites for hydroxylation is 1. The van der Waals surface area contributed by atoms with Gasteiger partial charge in [-0.1, -0.05) is 35.0 Å². The Morgan fingerprint density at radius 3 is 2.90 bits per heavy atom. The Bertz CT molecular complexity index is 1820. The molecule has 0 aliphatic rings. The minimum atomic E-state index is -0.301. The van der Waals surface area contributed by atoms with E-state index >= 15 is 0 Å². The standard InChI is InChI=1S/C27H22ClN7O3S/c1-29-27(37)19-12-22-23(13-20(19)28)35(26(31-22)15-4-5-16-14-30-33-21(16)9-15)7-6-17(36)10-25-32-24(34-38-25)11-18-3-2-8-39-18/h2-5,8-9,12-14H,6-7,10-11H2,1H3,(H,29,37)(H,30,33). The number of rotatable bonds is 9. The number of thiophene rings is 1. The summed E-state index contributed by atoms with van der Waals surface area (Å²) in [6.07, 6.45) is 2.57. The maximum Gasteiger partial charge on any atom is 0.252 e. The van der Waals surface area contributed by atoms with Crippen molar-refractivity contribution in [2.75, 3.05) is 7.05 Å². The van der Waals surface area contributed by atoms with Crippen molar-refractivity contribution in [1.82, 2.24) is 35.2 Å². The lowest BCUT2D eigenvalue weighted by atomic mass is 10.1. The molecule has 0 radical (unpaired) electrons. The Labute approximate surface area is 231 Å². The van der Waals surface area contributed by atoms with E-state index in [1.807, 2.05) is 40.3 Å². The number of Topliss-reactive ketones (excluding diaryl/α,β-unsaturated/α-hetero) is 1. The highest BCUT2D eigenvalue weighted by Gasteiger charge is 2.20. The van der Waals surface area contributed by atoms with Crippen LogP contribution in [-0.2, 0) is 24.2 Å². The van der Waals surface area contributed by atoms with E-state index in [0.29, 0.717) is 46.6 Å². The summed E-state index contributed by atoms with van der Waals surface area (Å²) in [5.41, 5.74) is 3.35. The van der Waals surface area contributed by atoms with Crippen LogP contribution in [0.3, 0.4) is 0 Å². The number of aromatic nitrogens is 6. The van der Waals surface area contributed by atoms with Gasteiger partial charge >= 0.3 is 0 Å². The number of benzene rings is 2. The Kier molecular flexibility index (Phi) is 6.67. The lowest BCUT2D eigenvalue weighted by Crippen LogP contribution is -2.18. The summed E-state index contributed by atoms with van der Waals surface area (Å²) in [5.74, 6) is 1.15. The van der Waals surface area contributed by atoms with E-state index in [1.165, 1.54) is 0 Å². The van der Waals surface area contributed by atoms with Crippen LogP contribution in [0.4, 0.5) is 0 Å². The molecule has 0 unspecified atom stereocenters. The molecule has 0 fully saturated rings. The number of aromatic amines is 1. The van der Waals surface area contributed by atoms with E-state index < -0.39 is 0 Å². The number of halogens is 1. The molecular weight excluding hydrogens is 538 g/mol. The van der Waals surface area contributed by atoms with E-state index in [9.17, 15) is 9.59 Å². The van der Waals surface area contributed by atoms with Crippen LogP contribution in [0.2, 0.25) is 5.02 Å². The van der Waals surface area contributed by atoms with Crippen LogP contribution >= 0.6 is 22.9 Å². The number of carbonyl (C=O) groups excluding carboxylic acids is 2. The zero-order chi connectivity index (χ0) is 26.9. The summed E-state index contributed by atoms with van der Waals surface area (Å²) in [7, 11) is 1.55. The molecule has 4 aromatic heterocycles. The first-order valence-electron chi connectivity index (χ1n) is 12.2. The van der Waals surface area contributed by atoms with Gasteiger partial charge in [-0.05, 0) is 29.6 Å². The van der Waals surface area contributed by atoms with Gasteiger partial charge < -0.3 is 14.4 Å². The SMILES string of the molecule is CNC(=O)c1cc2nc(-c3ccc4cn[nH]c4c3)n(CCC(=O)Cc3nc(Cc4cccs4)no3)c2cc1Cl. The molecule has 0 atom stereocenters. The van der Waals surface area contributed by atoms with Crippen molar-refractivity contribution in [3.05, 3.63) is 81.2 Å². The number of fused-ring (bicyclic) bond motifs is 2. The predicted molar refractivity (Wildman–Crippen MR) is 148 cm³/mol. The van der Waals surface area contributed by atoms with Crippen LogP contribution in [0, 0.1) is 0 Å². The number of carbonyl (C=O) groups is 2. The molecule has 39 heavy (non-hydrogen) atoms. The number of amides is 1. The maximum atomic E-state index is 13.0. The average molecular weight is 560 g/mol. The van der Waals surface area contributed by atoms with Gasteiger partial charge in [-0.15, -0.1) is 11.3 Å². The van der Waals surface area contributed by atoms with E-state index in [4.69, 9.17) is 21.1 Å². The second kappa shape index (κ2) is 10.4. The van der Waals surface area contributed by atoms with Crippen molar-refractivity contribution in [3.63, 3.8) is 0 Å². The molecule has 0 aliphatic heterocycles. The van der Waals surface area contributed by atoms with Crippen molar-refractivity contribution < 1.29 is 14.1 Å². The second-order valence-electron chi connectivity index (χ2n) is 8.98. The van der Waals surface area contributed by atoms with Crippen LogP contribution < -0.4 is 5.32 Å². The Morgan fingerprint density at radius 2 is 2.08 bits per heavy atom. The highest BCUT2D eigenvalue weighted by molar-refractivity contribution is 7.09. The smallest absolute Gasteiger partial charge is 0.252 e. The summed E-state index contributed by atoms with van der Waals surface area (Å²) >= 11 is 8.10. The fraction of sp³-hybridized carbons (Fsp3) is 0.185. The second-order valence-corrected chi connectivity index (χ2v) is 10.4. The molecule has 2 N–H and O–H groups in total. The number of imidazole rings is 1. The van der Waals surface area contributed by atoms with Gasteiger partial charge in [0.2, 0.25) is 5.89 Å². The van der Waals surface area contributed by atoms with Crippen molar-refractivity contribution in [3.8, 4) is 11.4 Å². The first-order valence-corrected chi connectivity index (χ1v) is 13.4. The molecule has 0 spiro atoms. The maximum absolute atomic E-state index is 13.0. The first-order chi connectivity index (χ1) is 19.0. The highest BCUT2D eigenvalue weighted by atomic mass is 35.5. The van der Waals surface area contributed by atoms with Crippen molar-refractivity contribution in [1.29, 1.82) is 0 Å². The normalized spacial score (nSPS) is 11.4. The molecule has 12 heteroatoms. The lowest BCUT2D eigenvalue weighted by Gasteiger charge is -2.10. The van der Waals surface area contributed by atoms with Gasteiger partial charge in [0.25, 0.3) is 5.91 Å². The molecule has 4 heterocycles. The number of nitrogens with one attached hydrogen (secondary N) is 2.